The zero-order valence-corrected chi connectivity index (χ0v) is 17.7. The van der Waals surface area contributed by atoms with Gasteiger partial charge in [-0.2, -0.15) is 10.5 Å². The Morgan fingerprint density at radius 1 is 0.767 bits per heavy atom. The average Bonchev–Trinajstić information content (AvgIpc) is 3.46. The predicted molar refractivity (Wildman–Crippen MR) is 110 cm³/mol. The van der Waals surface area contributed by atoms with E-state index in [9.17, 15) is 20.1 Å². The van der Waals surface area contributed by atoms with Gasteiger partial charge in [0.1, 0.15) is 12.1 Å². The Labute approximate surface area is 178 Å². The van der Waals surface area contributed by atoms with Gasteiger partial charge >= 0.3 is 0 Å². The highest BCUT2D eigenvalue weighted by Gasteiger charge is 2.48. The average molecular weight is 413 g/mol. The van der Waals surface area contributed by atoms with Gasteiger partial charge in [0.2, 0.25) is 11.8 Å². The molecule has 2 saturated heterocycles. The SMILES string of the molecule is N#CC1CCCN1C(=O)CNC12CCC(NCC(=O)N3CCC[C@H]3C#N)(CC1)CC2. The topological polar surface area (TPSA) is 112 Å². The molecule has 30 heavy (non-hydrogen) atoms. The van der Waals surface area contributed by atoms with E-state index in [1.165, 1.54) is 0 Å². The lowest BCUT2D eigenvalue weighted by atomic mass is 9.61. The van der Waals surface area contributed by atoms with E-state index in [0.29, 0.717) is 26.2 Å². The zero-order chi connectivity index (χ0) is 21.2. The second-order valence-electron chi connectivity index (χ2n) is 9.52. The lowest BCUT2D eigenvalue weighted by molar-refractivity contribution is -0.132. The van der Waals surface area contributed by atoms with Gasteiger partial charge in [-0.1, -0.05) is 0 Å². The molecule has 2 atom stereocenters. The highest BCUT2D eigenvalue weighted by molar-refractivity contribution is 5.80. The summed E-state index contributed by atoms with van der Waals surface area (Å²) in [6, 6.07) is 3.95. The number of fused-ring (bicyclic) bond motifs is 3. The molecule has 5 rings (SSSR count). The number of hydrogen-bond donors (Lipinski definition) is 2. The van der Waals surface area contributed by atoms with Gasteiger partial charge in [0.05, 0.1) is 25.2 Å². The van der Waals surface area contributed by atoms with Crippen LogP contribution in [0.25, 0.3) is 0 Å². The second-order valence-corrected chi connectivity index (χ2v) is 9.52. The fourth-order valence-electron chi connectivity index (χ4n) is 5.84. The van der Waals surface area contributed by atoms with E-state index in [2.05, 4.69) is 22.8 Å². The van der Waals surface area contributed by atoms with E-state index >= 15 is 0 Å². The van der Waals surface area contributed by atoms with Crippen LogP contribution in [0.3, 0.4) is 0 Å². The molecule has 162 valence electrons. The van der Waals surface area contributed by atoms with Crippen molar-refractivity contribution in [2.45, 2.75) is 87.4 Å². The van der Waals surface area contributed by atoms with Crippen LogP contribution in [0.1, 0.15) is 64.2 Å². The van der Waals surface area contributed by atoms with Gasteiger partial charge in [-0.3, -0.25) is 9.59 Å². The number of likely N-dealkylation sites (tertiary alicyclic amines) is 2. The molecular formula is C22H32N6O2. The Morgan fingerprint density at radius 3 is 1.47 bits per heavy atom. The summed E-state index contributed by atoms with van der Waals surface area (Å²) in [5, 5.41) is 25.5. The Morgan fingerprint density at radius 2 is 1.13 bits per heavy atom. The summed E-state index contributed by atoms with van der Waals surface area (Å²) in [7, 11) is 0. The van der Waals surface area contributed by atoms with Gasteiger partial charge in [0, 0.05) is 24.2 Å². The van der Waals surface area contributed by atoms with Crippen molar-refractivity contribution in [2.24, 2.45) is 0 Å². The van der Waals surface area contributed by atoms with Gasteiger partial charge in [-0.15, -0.1) is 0 Å². The van der Waals surface area contributed by atoms with Gasteiger partial charge in [0.25, 0.3) is 0 Å². The largest absolute Gasteiger partial charge is 0.326 e. The quantitative estimate of drug-likeness (QED) is 0.674. The van der Waals surface area contributed by atoms with E-state index in [0.717, 1.165) is 64.2 Å². The lowest BCUT2D eigenvalue weighted by Gasteiger charge is -2.54. The molecule has 5 aliphatic rings. The van der Waals surface area contributed by atoms with Crippen molar-refractivity contribution in [1.29, 1.82) is 10.5 Å². The number of amides is 2. The predicted octanol–water partition coefficient (Wildman–Crippen LogP) is 1.04. The Hall–Kier alpha value is -2.16. The summed E-state index contributed by atoms with van der Waals surface area (Å²) < 4.78 is 0. The summed E-state index contributed by atoms with van der Waals surface area (Å²) >= 11 is 0. The molecule has 2 amide bonds. The number of carbonyl (C=O) groups is 2. The standard InChI is InChI=1S/C22H32N6O2/c23-13-17-3-1-11-27(17)19(29)15-25-21-5-8-22(9-6-21,10-7-21)26-16-20(30)28-12-2-4-18(28)14-24/h17-18,25-26H,1-12,15-16H2/t17-,18?,21?,22?/m0/s1. The smallest absolute Gasteiger partial charge is 0.237 e. The fourth-order valence-corrected chi connectivity index (χ4v) is 5.84. The van der Waals surface area contributed by atoms with Crippen LogP contribution in [0.2, 0.25) is 0 Å². The second kappa shape index (κ2) is 8.53. The summed E-state index contributed by atoms with van der Waals surface area (Å²) in [5.74, 6) is 0.0782. The zero-order valence-electron chi connectivity index (χ0n) is 17.7. The Balaban J connectivity index is 1.25. The van der Waals surface area contributed by atoms with E-state index < -0.39 is 0 Å². The molecule has 0 aromatic heterocycles. The first-order valence-electron chi connectivity index (χ1n) is 11.4. The molecule has 3 aliphatic carbocycles. The van der Waals surface area contributed by atoms with Gasteiger partial charge in [0.15, 0.2) is 0 Å². The van der Waals surface area contributed by atoms with Crippen molar-refractivity contribution >= 4 is 11.8 Å². The Kier molecular flexibility index (Phi) is 5.99. The maximum Gasteiger partial charge on any atom is 0.237 e. The third-order valence-electron chi connectivity index (χ3n) is 7.92. The first-order valence-corrected chi connectivity index (χ1v) is 11.4. The maximum atomic E-state index is 12.6. The van der Waals surface area contributed by atoms with Crippen molar-refractivity contribution < 1.29 is 9.59 Å². The molecule has 8 heteroatoms. The van der Waals surface area contributed by atoms with Crippen molar-refractivity contribution in [3.05, 3.63) is 0 Å². The molecule has 3 saturated carbocycles. The summed E-state index contributed by atoms with van der Waals surface area (Å²) in [5.41, 5.74) is 0.0115. The van der Waals surface area contributed by atoms with E-state index in [4.69, 9.17) is 0 Å². The van der Waals surface area contributed by atoms with Crippen LogP contribution in [0.15, 0.2) is 0 Å². The molecule has 2 heterocycles. The summed E-state index contributed by atoms with van der Waals surface area (Å²) in [6.45, 7) is 2.00. The van der Waals surface area contributed by atoms with Crippen molar-refractivity contribution in [2.75, 3.05) is 26.2 Å². The highest BCUT2D eigenvalue weighted by atomic mass is 16.2. The first-order chi connectivity index (χ1) is 14.5. The van der Waals surface area contributed by atoms with Crippen molar-refractivity contribution in [3.8, 4) is 12.1 Å². The fraction of sp³-hybridized carbons (Fsp3) is 0.818. The molecular weight excluding hydrogens is 380 g/mol. The minimum atomic E-state index is -0.264. The summed E-state index contributed by atoms with van der Waals surface area (Å²) in [4.78, 5) is 28.6. The molecule has 2 bridgehead atoms. The van der Waals surface area contributed by atoms with E-state index in [-0.39, 0.29) is 35.0 Å². The highest BCUT2D eigenvalue weighted by Crippen LogP contribution is 2.46. The Bertz CT molecular complexity index is 680. The van der Waals surface area contributed by atoms with Crippen molar-refractivity contribution in [3.63, 3.8) is 0 Å². The molecule has 2 aliphatic heterocycles. The molecule has 5 fully saturated rings. The number of carbonyl (C=O) groups excluding carboxylic acids is 2. The van der Waals surface area contributed by atoms with E-state index in [1.807, 2.05) is 0 Å². The maximum absolute atomic E-state index is 12.6. The lowest BCUT2D eigenvalue weighted by Crippen LogP contribution is -2.63. The molecule has 1 unspecified atom stereocenters. The number of rotatable bonds is 6. The van der Waals surface area contributed by atoms with Crippen molar-refractivity contribution in [1.82, 2.24) is 20.4 Å². The van der Waals surface area contributed by atoms with Gasteiger partial charge in [-0.05, 0) is 64.2 Å². The van der Waals surface area contributed by atoms with Crippen LogP contribution in [-0.4, -0.2) is 71.0 Å². The molecule has 0 aromatic carbocycles. The first kappa shape index (κ1) is 21.1. The molecule has 0 aromatic rings. The third-order valence-corrected chi connectivity index (χ3v) is 7.92. The monoisotopic (exact) mass is 412 g/mol. The van der Waals surface area contributed by atoms with Crippen LogP contribution in [0, 0.1) is 22.7 Å². The minimum absolute atomic E-state index is 0.00577. The summed E-state index contributed by atoms with van der Waals surface area (Å²) in [6.07, 6.45) is 9.35. The number of nitriles is 2. The van der Waals surface area contributed by atoms with Gasteiger partial charge in [-0.25, -0.2) is 0 Å². The third kappa shape index (κ3) is 4.04. The molecule has 0 radical (unpaired) electrons. The number of hydrogen-bond acceptors (Lipinski definition) is 6. The molecule has 2 N–H and O–H groups in total. The van der Waals surface area contributed by atoms with Crippen LogP contribution in [-0.2, 0) is 9.59 Å². The number of nitrogens with one attached hydrogen (secondary N) is 2. The molecule has 0 spiro atoms. The molecule has 8 nitrogen and oxygen atoms in total. The minimum Gasteiger partial charge on any atom is -0.326 e. The van der Waals surface area contributed by atoms with Gasteiger partial charge < -0.3 is 20.4 Å². The van der Waals surface area contributed by atoms with E-state index in [1.54, 1.807) is 9.80 Å². The van der Waals surface area contributed by atoms with Crippen LogP contribution >= 0.6 is 0 Å². The van der Waals surface area contributed by atoms with Crippen LogP contribution in [0.5, 0.6) is 0 Å². The van der Waals surface area contributed by atoms with Crippen LogP contribution in [0.4, 0.5) is 0 Å². The number of nitrogens with zero attached hydrogens (tertiary/aromatic N) is 4. The van der Waals surface area contributed by atoms with Crippen LogP contribution < -0.4 is 10.6 Å². The normalized spacial score (nSPS) is 35.3.